The van der Waals surface area contributed by atoms with Gasteiger partial charge in [-0.15, -0.1) is 0 Å². The summed E-state index contributed by atoms with van der Waals surface area (Å²) in [4.78, 5) is 24.4. The minimum Gasteiger partial charge on any atom is -0.481 e. The van der Waals surface area contributed by atoms with Crippen molar-refractivity contribution in [1.82, 2.24) is 9.88 Å². The zero-order chi connectivity index (χ0) is 21.2. The number of nitrogens with one attached hydrogen (secondary N) is 1. The monoisotopic (exact) mass is 414 g/mol. The van der Waals surface area contributed by atoms with Gasteiger partial charge in [0.25, 0.3) is 5.91 Å². The molecule has 156 valence electrons. The Morgan fingerprint density at radius 2 is 1.81 bits per heavy atom. The molecule has 7 rings (SSSR count). The van der Waals surface area contributed by atoms with Crippen LogP contribution in [0.4, 0.5) is 0 Å². The van der Waals surface area contributed by atoms with Gasteiger partial charge in [-0.25, -0.2) is 0 Å². The minimum absolute atomic E-state index is 0.0295. The Hall–Kier alpha value is -3.54. The third-order valence-electron chi connectivity index (χ3n) is 7.05. The third-order valence-corrected chi connectivity index (χ3v) is 7.05. The molecule has 3 fully saturated rings. The lowest BCUT2D eigenvalue weighted by Crippen LogP contribution is -2.68. The van der Waals surface area contributed by atoms with Gasteiger partial charge in [-0.3, -0.25) is 9.59 Å². The van der Waals surface area contributed by atoms with E-state index in [1.165, 1.54) is 0 Å². The van der Waals surface area contributed by atoms with Gasteiger partial charge in [0.15, 0.2) is 0 Å². The first-order valence-electron chi connectivity index (χ1n) is 10.5. The van der Waals surface area contributed by atoms with Crippen LogP contribution in [0.5, 0.6) is 0 Å². The van der Waals surface area contributed by atoms with Crippen molar-refractivity contribution in [3.8, 4) is 0 Å². The Labute approximate surface area is 178 Å². The number of nitrogens with zero attached hydrogens (tertiary/aromatic N) is 1. The van der Waals surface area contributed by atoms with E-state index in [1.54, 1.807) is 0 Å². The Bertz CT molecular complexity index is 1310. The topological polar surface area (TPSA) is 84.5 Å². The number of hydrogen-bond acceptors (Lipinski definition) is 3. The highest BCUT2D eigenvalue weighted by atomic mass is 16.4. The van der Waals surface area contributed by atoms with Crippen LogP contribution in [0.25, 0.3) is 21.9 Å². The van der Waals surface area contributed by atoms with Gasteiger partial charge in [0.05, 0.1) is 23.0 Å². The zero-order valence-electron chi connectivity index (χ0n) is 16.9. The molecule has 2 bridgehead atoms. The number of carboxylic acid groups (broad SMARTS) is 1. The van der Waals surface area contributed by atoms with Crippen LogP contribution in [0.1, 0.15) is 35.4 Å². The van der Waals surface area contributed by atoms with Gasteiger partial charge in [-0.2, -0.15) is 0 Å². The molecule has 6 heteroatoms. The third kappa shape index (κ3) is 2.71. The molecule has 2 heterocycles. The van der Waals surface area contributed by atoms with E-state index < -0.39 is 11.4 Å². The van der Waals surface area contributed by atoms with E-state index in [0.717, 1.165) is 27.6 Å². The van der Waals surface area contributed by atoms with E-state index in [2.05, 4.69) is 5.32 Å². The van der Waals surface area contributed by atoms with Gasteiger partial charge in [0.1, 0.15) is 11.3 Å². The molecule has 6 nitrogen and oxygen atoms in total. The number of carboxylic acids is 1. The number of para-hydroxylation sites is 2. The smallest absolute Gasteiger partial charge is 0.309 e. The zero-order valence-corrected chi connectivity index (χ0v) is 16.9. The van der Waals surface area contributed by atoms with Crippen LogP contribution in [0.3, 0.4) is 0 Å². The van der Waals surface area contributed by atoms with Gasteiger partial charge in [0, 0.05) is 23.5 Å². The van der Waals surface area contributed by atoms with Crippen LogP contribution in [0, 0.1) is 10.8 Å². The molecule has 3 aliphatic rings. The number of fused-ring (bicyclic) bond motifs is 2. The lowest BCUT2D eigenvalue weighted by molar-refractivity contribution is -0.219. The van der Waals surface area contributed by atoms with Crippen molar-refractivity contribution in [3.05, 3.63) is 72.1 Å². The molecular weight excluding hydrogens is 392 g/mol. The number of aromatic nitrogens is 1. The standard InChI is InChI=1S/C25H22N2O4/c28-22(26-15-24-12-25(13-24,14-24)23(29)30)19-6-3-5-16-8-9-27(21(16)19)11-18-10-17-4-1-2-7-20(17)31-18/h1-10H,11-15H2,(H,26,28)(H,29,30). The predicted molar refractivity (Wildman–Crippen MR) is 116 cm³/mol. The van der Waals surface area contributed by atoms with Crippen molar-refractivity contribution in [3.63, 3.8) is 0 Å². The lowest BCUT2D eigenvalue weighted by atomic mass is 9.35. The SMILES string of the molecule is O=C(NCC12CC(C(=O)O)(C1)C2)c1cccc2ccn(Cc3cc4ccccc4o3)c12. The second kappa shape index (κ2) is 6.23. The molecule has 0 spiro atoms. The fourth-order valence-electron chi connectivity index (χ4n) is 5.63. The summed E-state index contributed by atoms with van der Waals surface area (Å²) >= 11 is 0. The first-order valence-corrected chi connectivity index (χ1v) is 10.5. The molecule has 0 unspecified atom stereocenters. The molecule has 2 aromatic carbocycles. The Morgan fingerprint density at radius 1 is 1.03 bits per heavy atom. The molecule has 4 aromatic rings. The molecule has 3 aliphatic carbocycles. The molecule has 0 aliphatic heterocycles. The maximum absolute atomic E-state index is 13.1. The van der Waals surface area contributed by atoms with E-state index in [0.29, 0.717) is 37.9 Å². The largest absolute Gasteiger partial charge is 0.481 e. The number of benzene rings is 2. The Morgan fingerprint density at radius 3 is 2.58 bits per heavy atom. The Balaban J connectivity index is 1.24. The van der Waals surface area contributed by atoms with E-state index in [-0.39, 0.29) is 11.3 Å². The first-order chi connectivity index (χ1) is 15.0. The van der Waals surface area contributed by atoms with Crippen LogP contribution in [0.15, 0.2) is 65.2 Å². The van der Waals surface area contributed by atoms with Crippen molar-refractivity contribution in [2.24, 2.45) is 10.8 Å². The van der Waals surface area contributed by atoms with Crippen LogP contribution >= 0.6 is 0 Å². The lowest BCUT2D eigenvalue weighted by Gasteiger charge is -2.68. The van der Waals surface area contributed by atoms with E-state index in [9.17, 15) is 14.7 Å². The Kier molecular flexibility index (Phi) is 3.67. The number of carbonyl (C=O) groups excluding carboxylic acids is 1. The average Bonchev–Trinajstić information content (AvgIpc) is 3.29. The van der Waals surface area contributed by atoms with Gasteiger partial charge in [-0.1, -0.05) is 30.3 Å². The summed E-state index contributed by atoms with van der Waals surface area (Å²) in [6.07, 6.45) is 3.99. The number of hydrogen-bond donors (Lipinski definition) is 2. The molecule has 3 saturated carbocycles. The fourth-order valence-corrected chi connectivity index (χ4v) is 5.63. The summed E-state index contributed by atoms with van der Waals surface area (Å²) in [5.74, 6) is 0.0138. The number of furan rings is 1. The normalized spacial score (nSPS) is 24.0. The summed E-state index contributed by atoms with van der Waals surface area (Å²) in [7, 11) is 0. The van der Waals surface area contributed by atoms with Crippen molar-refractivity contribution in [2.45, 2.75) is 25.8 Å². The van der Waals surface area contributed by atoms with Gasteiger partial charge >= 0.3 is 5.97 Å². The van der Waals surface area contributed by atoms with Crippen molar-refractivity contribution >= 4 is 33.7 Å². The quantitative estimate of drug-likeness (QED) is 0.489. The number of aliphatic carboxylic acids is 1. The van der Waals surface area contributed by atoms with Gasteiger partial charge in [-0.05, 0) is 48.9 Å². The predicted octanol–water partition coefficient (Wildman–Crippen LogP) is 4.42. The molecular formula is C25H22N2O4. The van der Waals surface area contributed by atoms with Gasteiger partial charge in [0.2, 0.25) is 0 Å². The van der Waals surface area contributed by atoms with E-state index in [1.807, 2.05) is 65.4 Å². The summed E-state index contributed by atoms with van der Waals surface area (Å²) in [6, 6.07) is 17.7. The average molecular weight is 414 g/mol. The summed E-state index contributed by atoms with van der Waals surface area (Å²) in [5, 5.41) is 14.4. The number of carbonyl (C=O) groups is 2. The van der Waals surface area contributed by atoms with Crippen LogP contribution in [0.2, 0.25) is 0 Å². The van der Waals surface area contributed by atoms with Crippen LogP contribution < -0.4 is 5.32 Å². The van der Waals surface area contributed by atoms with Gasteiger partial charge < -0.3 is 19.4 Å². The second-order valence-corrected chi connectivity index (χ2v) is 9.24. The number of amides is 1. The maximum atomic E-state index is 13.1. The molecule has 31 heavy (non-hydrogen) atoms. The maximum Gasteiger partial charge on any atom is 0.309 e. The van der Waals surface area contributed by atoms with E-state index >= 15 is 0 Å². The summed E-state index contributed by atoms with van der Waals surface area (Å²) < 4.78 is 8.01. The fraction of sp³-hybridized carbons (Fsp3) is 0.280. The highest BCUT2D eigenvalue weighted by molar-refractivity contribution is 6.06. The molecule has 0 atom stereocenters. The van der Waals surface area contributed by atoms with Crippen LogP contribution in [-0.4, -0.2) is 28.1 Å². The van der Waals surface area contributed by atoms with Crippen molar-refractivity contribution in [2.75, 3.05) is 6.54 Å². The highest BCUT2D eigenvalue weighted by Gasteiger charge is 2.71. The van der Waals surface area contributed by atoms with Crippen molar-refractivity contribution < 1.29 is 19.1 Å². The first kappa shape index (κ1) is 18.2. The number of rotatable bonds is 6. The molecule has 2 aromatic heterocycles. The van der Waals surface area contributed by atoms with Crippen LogP contribution in [-0.2, 0) is 11.3 Å². The summed E-state index contributed by atoms with van der Waals surface area (Å²) in [6.45, 7) is 1.06. The molecule has 0 saturated heterocycles. The van der Waals surface area contributed by atoms with E-state index in [4.69, 9.17) is 4.42 Å². The minimum atomic E-state index is -0.700. The molecule has 2 N–H and O–H groups in total. The highest BCUT2D eigenvalue weighted by Crippen LogP contribution is 2.73. The van der Waals surface area contributed by atoms with Crippen molar-refractivity contribution in [1.29, 1.82) is 0 Å². The molecule has 0 radical (unpaired) electrons. The second-order valence-electron chi connectivity index (χ2n) is 9.24. The summed E-state index contributed by atoms with van der Waals surface area (Å²) in [5.41, 5.74) is 1.80. The molecule has 1 amide bonds.